The van der Waals surface area contributed by atoms with Crippen molar-refractivity contribution in [3.8, 4) is 17.2 Å². The number of alkyl halides is 4. The summed E-state index contributed by atoms with van der Waals surface area (Å²) < 4.78 is 69.4. The molecule has 3 atom stereocenters. The first kappa shape index (κ1) is 28.6. The Balaban J connectivity index is 1.82. The normalized spacial score (nSPS) is 17.8. The highest BCUT2D eigenvalue weighted by Crippen LogP contribution is 2.39. The van der Waals surface area contributed by atoms with E-state index in [0.29, 0.717) is 11.8 Å². The highest BCUT2D eigenvalue weighted by Gasteiger charge is 2.44. The molecule has 12 heteroatoms. The van der Waals surface area contributed by atoms with E-state index in [1.54, 1.807) is 0 Å². The number of hydrogen-bond acceptors (Lipinski definition) is 7. The summed E-state index contributed by atoms with van der Waals surface area (Å²) >= 11 is 0. The van der Waals surface area contributed by atoms with Crippen molar-refractivity contribution >= 4 is 17.3 Å². The molecule has 1 aromatic carbocycles. The first-order chi connectivity index (χ1) is 18.0. The first-order valence-electron chi connectivity index (χ1n) is 11.4. The SMILES string of the molecule is COc1cc(C(=O)N[C@H](C)C(=O)c2ccc(OC)c(C3=CC(C(F)(F)F)C(F)C=C3)n2)ccc1OCCO. The monoisotopic (exact) mass is 538 g/mol. The number of pyridine rings is 1. The Morgan fingerprint density at radius 1 is 1.11 bits per heavy atom. The van der Waals surface area contributed by atoms with Crippen molar-refractivity contribution in [3.05, 3.63) is 65.5 Å². The second-order valence-corrected chi connectivity index (χ2v) is 8.24. The van der Waals surface area contributed by atoms with E-state index >= 15 is 0 Å². The number of allylic oxidation sites excluding steroid dienone is 4. The molecule has 2 unspecified atom stereocenters. The minimum Gasteiger partial charge on any atom is -0.494 e. The van der Waals surface area contributed by atoms with Gasteiger partial charge in [-0.25, -0.2) is 9.37 Å². The molecule has 2 N–H and O–H groups in total. The van der Waals surface area contributed by atoms with Crippen molar-refractivity contribution in [2.45, 2.75) is 25.3 Å². The van der Waals surface area contributed by atoms with Crippen molar-refractivity contribution in [1.82, 2.24) is 10.3 Å². The summed E-state index contributed by atoms with van der Waals surface area (Å²) in [4.78, 5) is 30.0. The summed E-state index contributed by atoms with van der Waals surface area (Å²) in [6, 6.07) is 5.94. The number of halogens is 4. The van der Waals surface area contributed by atoms with Gasteiger partial charge in [0.25, 0.3) is 5.91 Å². The number of methoxy groups -OCH3 is 2. The third-order valence-electron chi connectivity index (χ3n) is 5.66. The number of carbonyl (C=O) groups is 2. The number of rotatable bonds is 10. The molecule has 3 rings (SSSR count). The summed E-state index contributed by atoms with van der Waals surface area (Å²) in [5, 5.41) is 11.5. The molecule has 0 fully saturated rings. The van der Waals surface area contributed by atoms with Crippen LogP contribution in [0, 0.1) is 5.92 Å². The lowest BCUT2D eigenvalue weighted by atomic mass is 9.92. The molecule has 0 radical (unpaired) electrons. The zero-order valence-electron chi connectivity index (χ0n) is 20.7. The fourth-order valence-electron chi connectivity index (χ4n) is 3.70. The van der Waals surface area contributed by atoms with E-state index < -0.39 is 36.0 Å². The average molecular weight is 538 g/mol. The maximum absolute atomic E-state index is 13.9. The van der Waals surface area contributed by atoms with Crippen LogP contribution < -0.4 is 19.5 Å². The van der Waals surface area contributed by atoms with Gasteiger partial charge in [0.15, 0.2) is 11.5 Å². The van der Waals surface area contributed by atoms with Gasteiger partial charge in [-0.05, 0) is 43.3 Å². The van der Waals surface area contributed by atoms with E-state index in [1.807, 2.05) is 0 Å². The molecule has 204 valence electrons. The van der Waals surface area contributed by atoms with Gasteiger partial charge in [0.05, 0.1) is 26.9 Å². The lowest BCUT2D eigenvalue weighted by Crippen LogP contribution is -2.39. The fourth-order valence-corrected chi connectivity index (χ4v) is 3.70. The number of nitrogens with zero attached hydrogens (tertiary/aromatic N) is 1. The highest BCUT2D eigenvalue weighted by atomic mass is 19.4. The quantitative estimate of drug-likeness (QED) is 0.349. The summed E-state index contributed by atoms with van der Waals surface area (Å²) in [5.74, 6) is -2.95. The van der Waals surface area contributed by atoms with Gasteiger partial charge in [0, 0.05) is 11.1 Å². The van der Waals surface area contributed by atoms with Gasteiger partial charge >= 0.3 is 6.18 Å². The van der Waals surface area contributed by atoms with E-state index in [4.69, 9.17) is 19.3 Å². The average Bonchev–Trinajstić information content (AvgIpc) is 2.90. The second kappa shape index (κ2) is 12.1. The van der Waals surface area contributed by atoms with Gasteiger partial charge in [-0.2, -0.15) is 13.2 Å². The van der Waals surface area contributed by atoms with Crippen molar-refractivity contribution in [1.29, 1.82) is 0 Å². The Hall–Kier alpha value is -3.93. The fraction of sp³-hybridized carbons (Fsp3) is 0.346. The third-order valence-corrected chi connectivity index (χ3v) is 5.66. The lowest BCUT2D eigenvalue weighted by molar-refractivity contribution is -0.171. The molecular formula is C26H26F4N2O6. The van der Waals surface area contributed by atoms with Crippen LogP contribution in [0.3, 0.4) is 0 Å². The molecule has 2 aromatic rings. The van der Waals surface area contributed by atoms with Crippen LogP contribution in [0.25, 0.3) is 5.57 Å². The number of hydrogen-bond donors (Lipinski definition) is 2. The number of aliphatic hydroxyl groups is 1. The number of benzene rings is 1. The Morgan fingerprint density at radius 3 is 2.42 bits per heavy atom. The maximum Gasteiger partial charge on any atom is 0.398 e. The van der Waals surface area contributed by atoms with E-state index in [-0.39, 0.29) is 47.2 Å². The number of aromatic nitrogens is 1. The molecule has 8 nitrogen and oxygen atoms in total. The number of aliphatic hydroxyl groups excluding tert-OH is 1. The van der Waals surface area contributed by atoms with Gasteiger partial charge in [-0.15, -0.1) is 0 Å². The van der Waals surface area contributed by atoms with Crippen molar-refractivity contribution < 1.29 is 46.5 Å². The maximum atomic E-state index is 13.9. The van der Waals surface area contributed by atoms with Crippen molar-refractivity contribution in [2.75, 3.05) is 27.4 Å². The van der Waals surface area contributed by atoms with Crippen LogP contribution in [0.15, 0.2) is 48.6 Å². The summed E-state index contributed by atoms with van der Waals surface area (Å²) in [7, 11) is 2.66. The Kier molecular flexibility index (Phi) is 9.10. The smallest absolute Gasteiger partial charge is 0.398 e. The van der Waals surface area contributed by atoms with Gasteiger partial charge in [0.2, 0.25) is 5.78 Å². The van der Waals surface area contributed by atoms with E-state index in [1.165, 1.54) is 51.5 Å². The van der Waals surface area contributed by atoms with Crippen LogP contribution in [0.5, 0.6) is 17.2 Å². The number of amides is 1. The predicted octanol–water partition coefficient (Wildman–Crippen LogP) is 3.94. The topological polar surface area (TPSA) is 107 Å². The summed E-state index contributed by atoms with van der Waals surface area (Å²) in [5.41, 5.74) is -0.102. The van der Waals surface area contributed by atoms with Crippen molar-refractivity contribution in [3.63, 3.8) is 0 Å². The first-order valence-corrected chi connectivity index (χ1v) is 11.4. The van der Waals surface area contributed by atoms with Crippen LogP contribution in [0.4, 0.5) is 17.6 Å². The zero-order chi connectivity index (χ0) is 28.0. The summed E-state index contributed by atoms with van der Waals surface area (Å²) in [6.45, 7) is 1.25. The van der Waals surface area contributed by atoms with Crippen LogP contribution >= 0.6 is 0 Å². The van der Waals surface area contributed by atoms with Gasteiger partial charge in [0.1, 0.15) is 35.8 Å². The molecule has 0 spiro atoms. The standard InChI is InChI=1S/C26H26F4N2O6/c1-14(31-25(35)16-5-8-20(38-11-10-33)22(13-16)37-3)24(34)19-7-9-21(36-2)23(32-19)15-4-6-18(27)17(12-15)26(28,29)30/h4-9,12-14,17-18,33H,10-11H2,1-3H3,(H,31,35)/t14-,17?,18?/m1/s1. The van der Waals surface area contributed by atoms with E-state index in [2.05, 4.69) is 10.3 Å². The Morgan fingerprint density at radius 2 is 1.79 bits per heavy atom. The van der Waals surface area contributed by atoms with Crippen LogP contribution in [-0.4, -0.2) is 67.6 Å². The molecule has 1 aliphatic carbocycles. The van der Waals surface area contributed by atoms with Crippen LogP contribution in [-0.2, 0) is 0 Å². The van der Waals surface area contributed by atoms with Crippen LogP contribution in [0.1, 0.15) is 33.5 Å². The molecule has 0 aliphatic heterocycles. The minimum absolute atomic E-state index is 0.0300. The minimum atomic E-state index is -4.82. The molecular weight excluding hydrogens is 512 g/mol. The zero-order valence-corrected chi connectivity index (χ0v) is 20.7. The molecule has 0 saturated carbocycles. The molecule has 0 saturated heterocycles. The van der Waals surface area contributed by atoms with E-state index in [9.17, 15) is 27.2 Å². The summed E-state index contributed by atoms with van der Waals surface area (Å²) in [6.07, 6.45) is -4.44. The van der Waals surface area contributed by atoms with Gasteiger partial charge in [-0.3, -0.25) is 9.59 Å². The van der Waals surface area contributed by atoms with Crippen LogP contribution in [0.2, 0.25) is 0 Å². The molecule has 0 bridgehead atoms. The molecule has 1 amide bonds. The van der Waals surface area contributed by atoms with E-state index in [0.717, 1.165) is 12.2 Å². The third kappa shape index (κ3) is 6.49. The Bertz CT molecular complexity index is 1240. The number of ketones is 1. The number of ether oxygens (including phenoxy) is 3. The molecule has 38 heavy (non-hydrogen) atoms. The predicted molar refractivity (Wildman–Crippen MR) is 129 cm³/mol. The molecule has 1 heterocycles. The number of carbonyl (C=O) groups excluding carboxylic acids is 2. The number of nitrogens with one attached hydrogen (secondary N) is 1. The lowest BCUT2D eigenvalue weighted by Gasteiger charge is -2.23. The molecule has 1 aromatic heterocycles. The largest absolute Gasteiger partial charge is 0.494 e. The molecule has 1 aliphatic rings. The highest BCUT2D eigenvalue weighted by molar-refractivity contribution is 6.03. The number of Topliss-reactive ketones (excluding diaryl/α,β-unsaturated/α-hetero) is 1. The van der Waals surface area contributed by atoms with Gasteiger partial charge in [-0.1, -0.05) is 12.2 Å². The second-order valence-electron chi connectivity index (χ2n) is 8.24. The Labute approximate surface area is 215 Å². The van der Waals surface area contributed by atoms with Gasteiger partial charge < -0.3 is 24.6 Å². The van der Waals surface area contributed by atoms with Crippen molar-refractivity contribution in [2.24, 2.45) is 5.92 Å².